The fourth-order valence-corrected chi connectivity index (χ4v) is 1.69. The van der Waals surface area contributed by atoms with Gasteiger partial charge in [-0.3, -0.25) is 0 Å². The van der Waals surface area contributed by atoms with E-state index in [4.69, 9.17) is 5.11 Å². The van der Waals surface area contributed by atoms with E-state index >= 15 is 0 Å². The summed E-state index contributed by atoms with van der Waals surface area (Å²) in [7, 11) is 0. The van der Waals surface area contributed by atoms with Crippen molar-refractivity contribution in [2.24, 2.45) is 0 Å². The maximum Gasteiger partial charge on any atom is 0.355 e. The van der Waals surface area contributed by atoms with Gasteiger partial charge in [-0.1, -0.05) is 0 Å². The summed E-state index contributed by atoms with van der Waals surface area (Å²) in [6.45, 7) is 4.45. The Morgan fingerprint density at radius 2 is 2.42 bits per heavy atom. The molecule has 1 heterocycles. The van der Waals surface area contributed by atoms with Gasteiger partial charge in [0.25, 0.3) is 0 Å². The molecule has 0 aliphatic carbocycles. The Bertz CT molecular complexity index is 296. The number of thiazole rings is 1. The molecule has 4 nitrogen and oxygen atoms in total. The van der Waals surface area contributed by atoms with E-state index in [0.717, 1.165) is 11.4 Å². The zero-order valence-electron chi connectivity index (χ0n) is 6.92. The monoisotopic (exact) mass is 186 g/mol. The van der Waals surface area contributed by atoms with E-state index in [2.05, 4.69) is 10.3 Å². The lowest BCUT2D eigenvalue weighted by Crippen LogP contribution is -2.00. The molecular formula is C7H10N2O2S. The molecule has 1 aromatic rings. The van der Waals surface area contributed by atoms with Crippen LogP contribution in [0.2, 0.25) is 0 Å². The van der Waals surface area contributed by atoms with Crippen LogP contribution in [0, 0.1) is 6.92 Å². The number of aromatic nitrogens is 1. The van der Waals surface area contributed by atoms with E-state index in [1.807, 2.05) is 6.92 Å². The summed E-state index contributed by atoms with van der Waals surface area (Å²) in [6, 6.07) is 0. The standard InChI is InChI=1S/C7H10N2O2S/c1-3-8-7-9-5(6(10)11)4(2)12-7/h3H2,1-2H3,(H,8,9)(H,10,11). The van der Waals surface area contributed by atoms with E-state index in [9.17, 15) is 4.79 Å². The lowest BCUT2D eigenvalue weighted by molar-refractivity contribution is 0.0690. The third-order valence-electron chi connectivity index (χ3n) is 1.33. The van der Waals surface area contributed by atoms with E-state index in [1.54, 1.807) is 6.92 Å². The predicted octanol–water partition coefficient (Wildman–Crippen LogP) is 1.58. The molecule has 1 aromatic heterocycles. The zero-order valence-corrected chi connectivity index (χ0v) is 7.73. The van der Waals surface area contributed by atoms with Crippen molar-refractivity contribution in [3.63, 3.8) is 0 Å². The molecule has 0 spiro atoms. The van der Waals surface area contributed by atoms with Gasteiger partial charge in [0.15, 0.2) is 10.8 Å². The van der Waals surface area contributed by atoms with Gasteiger partial charge in [0, 0.05) is 11.4 Å². The van der Waals surface area contributed by atoms with Crippen LogP contribution in [0.4, 0.5) is 5.13 Å². The minimum atomic E-state index is -0.965. The lowest BCUT2D eigenvalue weighted by atomic mass is 10.4. The van der Waals surface area contributed by atoms with Crippen molar-refractivity contribution in [2.75, 3.05) is 11.9 Å². The maximum absolute atomic E-state index is 10.6. The summed E-state index contributed by atoms with van der Waals surface area (Å²) in [5.74, 6) is -0.965. The SMILES string of the molecule is CCNc1nc(C(=O)O)c(C)s1. The Hall–Kier alpha value is -1.10. The van der Waals surface area contributed by atoms with Crippen LogP contribution in [0.1, 0.15) is 22.3 Å². The average molecular weight is 186 g/mol. The molecule has 0 aliphatic rings. The van der Waals surface area contributed by atoms with Crippen molar-refractivity contribution in [1.29, 1.82) is 0 Å². The van der Waals surface area contributed by atoms with E-state index in [1.165, 1.54) is 11.3 Å². The molecule has 0 saturated carbocycles. The van der Waals surface area contributed by atoms with Crippen molar-refractivity contribution in [3.8, 4) is 0 Å². The van der Waals surface area contributed by atoms with Crippen LogP contribution >= 0.6 is 11.3 Å². The van der Waals surface area contributed by atoms with E-state index < -0.39 is 5.97 Å². The first-order chi connectivity index (χ1) is 5.65. The van der Waals surface area contributed by atoms with E-state index in [-0.39, 0.29) is 5.69 Å². The van der Waals surface area contributed by atoms with Crippen LogP contribution < -0.4 is 5.32 Å². The molecule has 0 bridgehead atoms. The summed E-state index contributed by atoms with van der Waals surface area (Å²) >= 11 is 1.36. The van der Waals surface area contributed by atoms with Gasteiger partial charge in [0.1, 0.15) is 0 Å². The second-order valence-electron chi connectivity index (χ2n) is 2.26. The molecule has 0 saturated heterocycles. The minimum absolute atomic E-state index is 0.149. The summed E-state index contributed by atoms with van der Waals surface area (Å²) in [4.78, 5) is 15.2. The molecule has 12 heavy (non-hydrogen) atoms. The maximum atomic E-state index is 10.6. The number of nitrogens with one attached hydrogen (secondary N) is 1. The number of carboxylic acid groups (broad SMARTS) is 1. The highest BCUT2D eigenvalue weighted by atomic mass is 32.1. The molecule has 0 amide bonds. The number of anilines is 1. The number of aryl methyl sites for hydroxylation is 1. The van der Waals surface area contributed by atoms with E-state index in [0.29, 0.717) is 5.13 Å². The van der Waals surface area contributed by atoms with Crippen molar-refractivity contribution >= 4 is 22.4 Å². The van der Waals surface area contributed by atoms with Gasteiger partial charge < -0.3 is 10.4 Å². The quantitative estimate of drug-likeness (QED) is 0.752. The number of carboxylic acids is 1. The molecule has 0 aliphatic heterocycles. The molecule has 0 fully saturated rings. The highest BCUT2D eigenvalue weighted by Crippen LogP contribution is 2.21. The Balaban J connectivity index is 2.92. The summed E-state index contributed by atoms with van der Waals surface area (Å²) in [6.07, 6.45) is 0. The Morgan fingerprint density at radius 3 is 2.83 bits per heavy atom. The third kappa shape index (κ3) is 1.73. The first kappa shape index (κ1) is 8.99. The number of hydrogen-bond donors (Lipinski definition) is 2. The fraction of sp³-hybridized carbons (Fsp3) is 0.429. The topological polar surface area (TPSA) is 62.2 Å². The van der Waals surface area contributed by atoms with Gasteiger partial charge in [-0.05, 0) is 13.8 Å². The normalized spacial score (nSPS) is 9.83. The molecule has 0 atom stereocenters. The smallest absolute Gasteiger partial charge is 0.355 e. The van der Waals surface area contributed by atoms with Crippen LogP contribution in [-0.2, 0) is 0 Å². The van der Waals surface area contributed by atoms with Crippen molar-refractivity contribution in [2.45, 2.75) is 13.8 Å². The van der Waals surface area contributed by atoms with Crippen LogP contribution in [-0.4, -0.2) is 22.6 Å². The number of aromatic carboxylic acids is 1. The van der Waals surface area contributed by atoms with Crippen molar-refractivity contribution < 1.29 is 9.90 Å². The highest BCUT2D eigenvalue weighted by Gasteiger charge is 2.12. The van der Waals surface area contributed by atoms with Gasteiger partial charge in [-0.15, -0.1) is 11.3 Å². The molecule has 1 rings (SSSR count). The molecular weight excluding hydrogens is 176 g/mol. The molecule has 0 radical (unpaired) electrons. The average Bonchev–Trinajstić information content (AvgIpc) is 2.32. The highest BCUT2D eigenvalue weighted by molar-refractivity contribution is 7.15. The number of hydrogen-bond acceptors (Lipinski definition) is 4. The van der Waals surface area contributed by atoms with Crippen LogP contribution in [0.25, 0.3) is 0 Å². The Morgan fingerprint density at radius 1 is 1.75 bits per heavy atom. The lowest BCUT2D eigenvalue weighted by Gasteiger charge is -1.92. The Kier molecular flexibility index (Phi) is 2.65. The molecule has 66 valence electrons. The molecule has 5 heteroatoms. The number of rotatable bonds is 3. The summed E-state index contributed by atoms with van der Waals surface area (Å²) in [5, 5.41) is 12.3. The number of carbonyl (C=O) groups is 1. The molecule has 2 N–H and O–H groups in total. The third-order valence-corrected chi connectivity index (χ3v) is 2.26. The predicted molar refractivity (Wildman–Crippen MR) is 48.0 cm³/mol. The fourth-order valence-electron chi connectivity index (χ4n) is 0.822. The molecule has 0 unspecified atom stereocenters. The van der Waals surface area contributed by atoms with Crippen LogP contribution in [0.3, 0.4) is 0 Å². The first-order valence-corrected chi connectivity index (χ1v) is 4.41. The second kappa shape index (κ2) is 3.53. The zero-order chi connectivity index (χ0) is 9.14. The number of nitrogens with zero attached hydrogens (tertiary/aromatic N) is 1. The van der Waals surface area contributed by atoms with Crippen molar-refractivity contribution in [1.82, 2.24) is 4.98 Å². The first-order valence-electron chi connectivity index (χ1n) is 3.59. The van der Waals surface area contributed by atoms with Gasteiger partial charge >= 0.3 is 5.97 Å². The molecule has 0 aromatic carbocycles. The van der Waals surface area contributed by atoms with Crippen LogP contribution in [0.15, 0.2) is 0 Å². The van der Waals surface area contributed by atoms with Gasteiger partial charge in [0.2, 0.25) is 0 Å². The van der Waals surface area contributed by atoms with Gasteiger partial charge in [-0.25, -0.2) is 9.78 Å². The van der Waals surface area contributed by atoms with Gasteiger partial charge in [0.05, 0.1) is 0 Å². The summed E-state index contributed by atoms with van der Waals surface area (Å²) in [5.41, 5.74) is 0.149. The summed E-state index contributed by atoms with van der Waals surface area (Å²) < 4.78 is 0. The van der Waals surface area contributed by atoms with Crippen molar-refractivity contribution in [3.05, 3.63) is 10.6 Å². The second-order valence-corrected chi connectivity index (χ2v) is 3.46. The minimum Gasteiger partial charge on any atom is -0.476 e. The van der Waals surface area contributed by atoms with Crippen LogP contribution in [0.5, 0.6) is 0 Å². The Labute approximate surface area is 74.3 Å². The largest absolute Gasteiger partial charge is 0.476 e. The van der Waals surface area contributed by atoms with Gasteiger partial charge in [-0.2, -0.15) is 0 Å².